The number of hydrogen-bond donors (Lipinski definition) is 2. The Morgan fingerprint density at radius 3 is 2.74 bits per heavy atom. The summed E-state index contributed by atoms with van der Waals surface area (Å²) in [6, 6.07) is 1.33. The molecule has 0 radical (unpaired) electrons. The standard InChI is InChI=1S/C11H14N2O4S2/c1-7-11(3-9(6-14)17-7)19(15,16)13-5-10-4-12-8(2)18-10/h3-4,13-14H,5-6H2,1-2H3. The second-order valence-electron chi connectivity index (χ2n) is 3.96. The van der Waals surface area contributed by atoms with Gasteiger partial charge in [-0.05, 0) is 13.8 Å². The van der Waals surface area contributed by atoms with Crippen molar-refractivity contribution in [1.29, 1.82) is 0 Å². The molecule has 19 heavy (non-hydrogen) atoms. The molecule has 0 aliphatic rings. The Morgan fingerprint density at radius 1 is 1.47 bits per heavy atom. The van der Waals surface area contributed by atoms with Gasteiger partial charge in [0, 0.05) is 23.7 Å². The first-order chi connectivity index (χ1) is 8.92. The molecule has 0 bridgehead atoms. The number of aromatic nitrogens is 1. The van der Waals surface area contributed by atoms with E-state index in [0.717, 1.165) is 9.88 Å². The first-order valence-corrected chi connectivity index (χ1v) is 7.83. The van der Waals surface area contributed by atoms with Gasteiger partial charge in [0.25, 0.3) is 0 Å². The number of rotatable bonds is 5. The number of furan rings is 1. The van der Waals surface area contributed by atoms with Gasteiger partial charge < -0.3 is 9.52 Å². The van der Waals surface area contributed by atoms with Crippen molar-refractivity contribution in [3.8, 4) is 0 Å². The van der Waals surface area contributed by atoms with Crippen LogP contribution < -0.4 is 4.72 Å². The van der Waals surface area contributed by atoms with E-state index < -0.39 is 10.0 Å². The van der Waals surface area contributed by atoms with Gasteiger partial charge in [0.15, 0.2) is 0 Å². The molecule has 104 valence electrons. The Kier molecular flexibility index (Phi) is 4.04. The van der Waals surface area contributed by atoms with Crippen LogP contribution in [-0.4, -0.2) is 18.5 Å². The second-order valence-corrected chi connectivity index (χ2v) is 7.02. The summed E-state index contributed by atoms with van der Waals surface area (Å²) in [7, 11) is -3.65. The monoisotopic (exact) mass is 302 g/mol. The zero-order valence-electron chi connectivity index (χ0n) is 10.5. The van der Waals surface area contributed by atoms with E-state index in [1.807, 2.05) is 6.92 Å². The van der Waals surface area contributed by atoms with E-state index in [2.05, 4.69) is 9.71 Å². The lowest BCUT2D eigenvalue weighted by molar-refractivity contribution is 0.244. The fourth-order valence-corrected chi connectivity index (χ4v) is 3.63. The molecule has 2 N–H and O–H groups in total. The van der Waals surface area contributed by atoms with Crippen molar-refractivity contribution in [2.45, 2.75) is 31.9 Å². The Balaban J connectivity index is 2.15. The summed E-state index contributed by atoms with van der Waals surface area (Å²) in [5.41, 5.74) is 0. The van der Waals surface area contributed by atoms with Crippen LogP contribution in [0, 0.1) is 13.8 Å². The van der Waals surface area contributed by atoms with Crippen molar-refractivity contribution in [3.63, 3.8) is 0 Å². The normalized spacial score (nSPS) is 11.9. The van der Waals surface area contributed by atoms with Crippen molar-refractivity contribution in [2.75, 3.05) is 0 Å². The number of thiazole rings is 1. The van der Waals surface area contributed by atoms with Crippen LogP contribution >= 0.6 is 11.3 Å². The second kappa shape index (κ2) is 5.41. The van der Waals surface area contributed by atoms with Gasteiger partial charge in [-0.15, -0.1) is 11.3 Å². The molecule has 0 aromatic carbocycles. The number of hydrogen-bond acceptors (Lipinski definition) is 6. The fraction of sp³-hybridized carbons (Fsp3) is 0.364. The number of aliphatic hydroxyl groups is 1. The maximum absolute atomic E-state index is 12.1. The van der Waals surface area contributed by atoms with Crippen LogP contribution in [0.5, 0.6) is 0 Å². The first-order valence-electron chi connectivity index (χ1n) is 5.53. The lowest BCUT2D eigenvalue weighted by atomic mass is 10.4. The molecule has 2 rings (SSSR count). The van der Waals surface area contributed by atoms with Gasteiger partial charge in [0.05, 0.1) is 5.01 Å². The maximum Gasteiger partial charge on any atom is 0.244 e. The van der Waals surface area contributed by atoms with Gasteiger partial charge in [0.1, 0.15) is 23.0 Å². The van der Waals surface area contributed by atoms with Crippen molar-refractivity contribution in [3.05, 3.63) is 33.7 Å². The third-order valence-corrected chi connectivity index (χ3v) is 4.90. The minimum absolute atomic E-state index is 0.0535. The maximum atomic E-state index is 12.1. The highest BCUT2D eigenvalue weighted by Crippen LogP contribution is 2.20. The van der Waals surface area contributed by atoms with Gasteiger partial charge in [-0.2, -0.15) is 0 Å². The lowest BCUT2D eigenvalue weighted by Crippen LogP contribution is -2.23. The largest absolute Gasteiger partial charge is 0.462 e. The summed E-state index contributed by atoms with van der Waals surface area (Å²) in [6.45, 7) is 3.26. The van der Waals surface area contributed by atoms with Crippen molar-refractivity contribution >= 4 is 21.4 Å². The predicted molar refractivity (Wildman–Crippen MR) is 70.2 cm³/mol. The quantitative estimate of drug-likeness (QED) is 0.869. The van der Waals surface area contributed by atoms with Gasteiger partial charge in [-0.25, -0.2) is 18.1 Å². The molecular weight excluding hydrogens is 288 g/mol. The molecule has 2 aromatic rings. The average Bonchev–Trinajstić information content (AvgIpc) is 2.93. The summed E-state index contributed by atoms with van der Waals surface area (Å²) in [6.07, 6.45) is 1.64. The fourth-order valence-electron chi connectivity index (χ4n) is 1.60. The number of aryl methyl sites for hydroxylation is 2. The van der Waals surface area contributed by atoms with Crippen LogP contribution in [0.2, 0.25) is 0 Å². The molecule has 0 spiro atoms. The van der Waals surface area contributed by atoms with Crippen LogP contribution in [-0.2, 0) is 23.2 Å². The Morgan fingerprint density at radius 2 is 2.21 bits per heavy atom. The lowest BCUT2D eigenvalue weighted by Gasteiger charge is -2.03. The molecule has 0 fully saturated rings. The molecule has 2 heterocycles. The van der Waals surface area contributed by atoms with Crippen molar-refractivity contribution in [1.82, 2.24) is 9.71 Å². The van der Waals surface area contributed by atoms with Crippen LogP contribution in [0.25, 0.3) is 0 Å². The molecule has 8 heteroatoms. The number of sulfonamides is 1. The molecule has 0 unspecified atom stereocenters. The van der Waals surface area contributed by atoms with Crippen molar-refractivity contribution in [2.24, 2.45) is 0 Å². The average molecular weight is 302 g/mol. The summed E-state index contributed by atoms with van der Waals surface area (Å²) in [5, 5.41) is 9.82. The summed E-state index contributed by atoms with van der Waals surface area (Å²) < 4.78 is 31.8. The van der Waals surface area contributed by atoms with Crippen molar-refractivity contribution < 1.29 is 17.9 Å². The highest BCUT2D eigenvalue weighted by atomic mass is 32.2. The molecule has 2 aromatic heterocycles. The summed E-state index contributed by atoms with van der Waals surface area (Å²) in [4.78, 5) is 4.95. The molecule has 0 amide bonds. The van der Waals surface area contributed by atoms with Crippen LogP contribution in [0.1, 0.15) is 21.4 Å². The van der Waals surface area contributed by atoms with E-state index >= 15 is 0 Å². The number of nitrogens with one attached hydrogen (secondary N) is 1. The Labute approximate surface area is 115 Å². The predicted octanol–water partition coefficient (Wildman–Crippen LogP) is 1.32. The van der Waals surface area contributed by atoms with E-state index in [-0.39, 0.29) is 29.6 Å². The Bertz CT molecular complexity index is 673. The molecule has 0 aliphatic heterocycles. The first kappa shape index (κ1) is 14.2. The summed E-state index contributed by atoms with van der Waals surface area (Å²) >= 11 is 1.44. The number of nitrogens with zero attached hydrogens (tertiary/aromatic N) is 1. The smallest absolute Gasteiger partial charge is 0.244 e. The molecular formula is C11H14N2O4S2. The SMILES string of the molecule is Cc1ncc(CNS(=O)(=O)c2cc(CO)oc2C)s1. The molecule has 0 aliphatic carbocycles. The highest BCUT2D eigenvalue weighted by molar-refractivity contribution is 7.89. The molecule has 0 saturated carbocycles. The topological polar surface area (TPSA) is 92.4 Å². The van der Waals surface area contributed by atoms with E-state index in [1.165, 1.54) is 17.4 Å². The zero-order chi connectivity index (χ0) is 14.0. The van der Waals surface area contributed by atoms with Gasteiger partial charge >= 0.3 is 0 Å². The van der Waals surface area contributed by atoms with Crippen LogP contribution in [0.4, 0.5) is 0 Å². The summed E-state index contributed by atoms with van der Waals surface area (Å²) in [5.74, 6) is 0.489. The van der Waals surface area contributed by atoms with Gasteiger partial charge in [0.2, 0.25) is 10.0 Å². The third kappa shape index (κ3) is 3.21. The molecule has 0 saturated heterocycles. The minimum atomic E-state index is -3.65. The van der Waals surface area contributed by atoms with E-state index in [0.29, 0.717) is 0 Å². The van der Waals surface area contributed by atoms with Crippen LogP contribution in [0.15, 0.2) is 21.6 Å². The molecule has 0 atom stereocenters. The molecule has 6 nitrogen and oxygen atoms in total. The van der Waals surface area contributed by atoms with E-state index in [4.69, 9.17) is 9.52 Å². The zero-order valence-corrected chi connectivity index (χ0v) is 12.1. The van der Waals surface area contributed by atoms with Gasteiger partial charge in [-0.1, -0.05) is 0 Å². The minimum Gasteiger partial charge on any atom is -0.462 e. The van der Waals surface area contributed by atoms with Crippen LogP contribution in [0.3, 0.4) is 0 Å². The third-order valence-electron chi connectivity index (χ3n) is 2.47. The number of aliphatic hydroxyl groups excluding tert-OH is 1. The van der Waals surface area contributed by atoms with E-state index in [1.54, 1.807) is 13.1 Å². The Hall–Kier alpha value is -1.22. The highest BCUT2D eigenvalue weighted by Gasteiger charge is 2.21. The van der Waals surface area contributed by atoms with Gasteiger partial charge in [-0.3, -0.25) is 0 Å². The van der Waals surface area contributed by atoms with E-state index in [9.17, 15) is 8.42 Å².